The highest BCUT2D eigenvalue weighted by Crippen LogP contribution is 2.28. The molecule has 5 nitrogen and oxygen atoms in total. The lowest BCUT2D eigenvalue weighted by Crippen LogP contribution is -2.47. The standard InChI is InChI=1S/C19H22ClFN2O3S/c1-5-18(19(24)22-17-8-6-7-12(2)13(17)3)23(27(4,25)26)14-9-10-16(21)15(20)11-14/h6-11,18H,5H2,1-4H3,(H,22,24). The van der Waals surface area contributed by atoms with Crippen LogP contribution in [0.1, 0.15) is 24.5 Å². The van der Waals surface area contributed by atoms with Crippen molar-refractivity contribution in [2.75, 3.05) is 15.9 Å². The fourth-order valence-electron chi connectivity index (χ4n) is 2.78. The van der Waals surface area contributed by atoms with Gasteiger partial charge < -0.3 is 5.32 Å². The van der Waals surface area contributed by atoms with Crippen LogP contribution in [0.2, 0.25) is 5.02 Å². The summed E-state index contributed by atoms with van der Waals surface area (Å²) in [6.07, 6.45) is 1.22. The Hall–Kier alpha value is -2.12. The maximum Gasteiger partial charge on any atom is 0.248 e. The van der Waals surface area contributed by atoms with E-state index < -0.39 is 27.8 Å². The predicted molar refractivity (Wildman–Crippen MR) is 107 cm³/mol. The topological polar surface area (TPSA) is 66.5 Å². The minimum Gasteiger partial charge on any atom is -0.324 e. The number of anilines is 2. The van der Waals surface area contributed by atoms with Crippen LogP contribution in [0, 0.1) is 19.7 Å². The summed E-state index contributed by atoms with van der Waals surface area (Å²) in [6.45, 7) is 5.50. The van der Waals surface area contributed by atoms with E-state index in [0.29, 0.717) is 5.69 Å². The Kier molecular flexibility index (Phi) is 6.49. The van der Waals surface area contributed by atoms with E-state index in [1.54, 1.807) is 13.0 Å². The minimum atomic E-state index is -3.82. The molecule has 146 valence electrons. The molecule has 27 heavy (non-hydrogen) atoms. The zero-order chi connectivity index (χ0) is 20.4. The molecular formula is C19H22ClFN2O3S. The van der Waals surface area contributed by atoms with Crippen molar-refractivity contribution in [2.24, 2.45) is 0 Å². The minimum absolute atomic E-state index is 0.131. The highest BCUT2D eigenvalue weighted by atomic mass is 35.5. The molecule has 0 spiro atoms. The summed E-state index contributed by atoms with van der Waals surface area (Å²) in [5.74, 6) is -1.14. The average Bonchev–Trinajstić information content (AvgIpc) is 2.58. The Morgan fingerprint density at radius 3 is 2.48 bits per heavy atom. The van der Waals surface area contributed by atoms with Gasteiger partial charge in [0.1, 0.15) is 11.9 Å². The van der Waals surface area contributed by atoms with Crippen molar-refractivity contribution in [1.29, 1.82) is 0 Å². The third kappa shape index (κ3) is 4.78. The summed E-state index contributed by atoms with van der Waals surface area (Å²) >= 11 is 5.81. The molecule has 0 aliphatic carbocycles. The molecule has 0 fully saturated rings. The Bertz CT molecular complexity index is 963. The van der Waals surface area contributed by atoms with Gasteiger partial charge in [-0.2, -0.15) is 0 Å². The molecule has 1 N–H and O–H groups in total. The molecule has 2 aromatic rings. The first-order valence-corrected chi connectivity index (χ1v) is 10.6. The van der Waals surface area contributed by atoms with E-state index in [9.17, 15) is 17.6 Å². The fraction of sp³-hybridized carbons (Fsp3) is 0.316. The summed E-state index contributed by atoms with van der Waals surface area (Å²) < 4.78 is 39.3. The SMILES string of the molecule is CCC(C(=O)Nc1cccc(C)c1C)N(c1ccc(F)c(Cl)c1)S(C)(=O)=O. The first-order valence-electron chi connectivity index (χ1n) is 8.37. The van der Waals surface area contributed by atoms with Crippen LogP contribution in [-0.2, 0) is 14.8 Å². The summed E-state index contributed by atoms with van der Waals surface area (Å²) in [5, 5.41) is 2.58. The molecule has 0 bridgehead atoms. The van der Waals surface area contributed by atoms with Gasteiger partial charge in [-0.25, -0.2) is 12.8 Å². The number of benzene rings is 2. The molecule has 1 atom stereocenters. The quantitative estimate of drug-likeness (QED) is 0.770. The number of nitrogens with one attached hydrogen (secondary N) is 1. The van der Waals surface area contributed by atoms with Crippen LogP contribution in [0.5, 0.6) is 0 Å². The highest BCUT2D eigenvalue weighted by molar-refractivity contribution is 7.92. The summed E-state index contributed by atoms with van der Waals surface area (Å²) in [6, 6.07) is 8.04. The van der Waals surface area contributed by atoms with Crippen LogP contribution < -0.4 is 9.62 Å². The van der Waals surface area contributed by atoms with Gasteiger partial charge in [0.15, 0.2) is 0 Å². The van der Waals surface area contributed by atoms with Crippen LogP contribution >= 0.6 is 11.6 Å². The van der Waals surface area contributed by atoms with E-state index in [1.807, 2.05) is 26.0 Å². The maximum atomic E-state index is 13.5. The summed E-state index contributed by atoms with van der Waals surface area (Å²) in [5.41, 5.74) is 2.65. The van der Waals surface area contributed by atoms with E-state index in [0.717, 1.165) is 27.8 Å². The van der Waals surface area contributed by atoms with Crippen LogP contribution in [-0.4, -0.2) is 26.6 Å². The Morgan fingerprint density at radius 2 is 1.93 bits per heavy atom. The largest absolute Gasteiger partial charge is 0.324 e. The number of halogens is 2. The van der Waals surface area contributed by atoms with Crippen LogP contribution in [0.3, 0.4) is 0 Å². The van der Waals surface area contributed by atoms with Gasteiger partial charge in [0, 0.05) is 5.69 Å². The Labute approximate surface area is 164 Å². The predicted octanol–water partition coefficient (Wildman–Crippen LogP) is 4.28. The van der Waals surface area contributed by atoms with Gasteiger partial charge in [-0.15, -0.1) is 0 Å². The van der Waals surface area contributed by atoms with Crippen molar-refractivity contribution in [2.45, 2.75) is 33.2 Å². The van der Waals surface area contributed by atoms with Crippen molar-refractivity contribution >= 4 is 38.9 Å². The van der Waals surface area contributed by atoms with Gasteiger partial charge in [0.25, 0.3) is 0 Å². The molecule has 2 rings (SSSR count). The van der Waals surface area contributed by atoms with E-state index in [2.05, 4.69) is 5.32 Å². The van der Waals surface area contributed by atoms with Crippen molar-refractivity contribution < 1.29 is 17.6 Å². The zero-order valence-corrected chi connectivity index (χ0v) is 17.2. The number of hydrogen-bond acceptors (Lipinski definition) is 3. The van der Waals surface area contributed by atoms with Crippen LogP contribution in [0.15, 0.2) is 36.4 Å². The molecule has 0 radical (unpaired) electrons. The van der Waals surface area contributed by atoms with Gasteiger partial charge in [-0.3, -0.25) is 9.10 Å². The van der Waals surface area contributed by atoms with Gasteiger partial charge in [0.05, 0.1) is 17.0 Å². The Balaban J connectivity index is 2.44. The fourth-order valence-corrected chi connectivity index (χ4v) is 4.16. The first-order chi connectivity index (χ1) is 12.6. The first kappa shape index (κ1) is 21.2. The molecule has 0 aliphatic heterocycles. The number of amides is 1. The second-order valence-electron chi connectivity index (χ2n) is 6.32. The van der Waals surface area contributed by atoms with E-state index in [1.165, 1.54) is 12.1 Å². The number of aryl methyl sites for hydroxylation is 1. The highest BCUT2D eigenvalue weighted by Gasteiger charge is 2.32. The molecule has 1 amide bonds. The molecule has 0 saturated heterocycles. The van der Waals surface area contributed by atoms with Gasteiger partial charge in [-0.05, 0) is 55.7 Å². The molecular weight excluding hydrogens is 391 g/mol. The van der Waals surface area contributed by atoms with Gasteiger partial charge in [0.2, 0.25) is 15.9 Å². The number of rotatable bonds is 6. The van der Waals surface area contributed by atoms with E-state index >= 15 is 0 Å². The van der Waals surface area contributed by atoms with E-state index in [-0.39, 0.29) is 17.1 Å². The second kappa shape index (κ2) is 8.27. The molecule has 0 aromatic heterocycles. The summed E-state index contributed by atoms with van der Waals surface area (Å²) in [4.78, 5) is 12.9. The third-order valence-corrected chi connectivity index (χ3v) is 5.82. The lowest BCUT2D eigenvalue weighted by Gasteiger charge is -2.30. The van der Waals surface area contributed by atoms with Crippen molar-refractivity contribution in [3.05, 3.63) is 58.4 Å². The third-order valence-electron chi connectivity index (χ3n) is 4.35. The summed E-state index contributed by atoms with van der Waals surface area (Å²) in [7, 11) is -3.82. The monoisotopic (exact) mass is 412 g/mol. The smallest absolute Gasteiger partial charge is 0.248 e. The normalized spacial score (nSPS) is 12.5. The molecule has 1 unspecified atom stereocenters. The number of carbonyl (C=O) groups excluding carboxylic acids is 1. The van der Waals surface area contributed by atoms with Crippen molar-refractivity contribution in [3.8, 4) is 0 Å². The molecule has 2 aromatic carbocycles. The Morgan fingerprint density at radius 1 is 1.26 bits per heavy atom. The van der Waals surface area contributed by atoms with Crippen molar-refractivity contribution in [1.82, 2.24) is 0 Å². The lowest BCUT2D eigenvalue weighted by atomic mass is 10.1. The number of sulfonamides is 1. The van der Waals surface area contributed by atoms with Crippen LogP contribution in [0.4, 0.5) is 15.8 Å². The lowest BCUT2D eigenvalue weighted by molar-refractivity contribution is -0.117. The second-order valence-corrected chi connectivity index (χ2v) is 8.58. The van der Waals surface area contributed by atoms with E-state index in [4.69, 9.17) is 11.6 Å². The zero-order valence-electron chi connectivity index (χ0n) is 15.6. The number of carbonyl (C=O) groups is 1. The number of nitrogens with zero attached hydrogens (tertiary/aromatic N) is 1. The van der Waals surface area contributed by atoms with Crippen LogP contribution in [0.25, 0.3) is 0 Å². The molecule has 0 aliphatic rings. The molecule has 8 heteroatoms. The molecule has 0 heterocycles. The molecule has 0 saturated carbocycles. The number of hydrogen-bond donors (Lipinski definition) is 1. The maximum absolute atomic E-state index is 13.5. The van der Waals surface area contributed by atoms with Crippen molar-refractivity contribution in [3.63, 3.8) is 0 Å². The average molecular weight is 413 g/mol. The van der Waals surface area contributed by atoms with Gasteiger partial charge >= 0.3 is 0 Å². The van der Waals surface area contributed by atoms with Gasteiger partial charge in [-0.1, -0.05) is 30.7 Å².